The van der Waals surface area contributed by atoms with Crippen LogP contribution >= 0.6 is 0 Å². The van der Waals surface area contributed by atoms with Crippen LogP contribution in [0.1, 0.15) is 37.4 Å². The van der Waals surface area contributed by atoms with Gasteiger partial charge in [-0.15, -0.1) is 0 Å². The minimum absolute atomic E-state index is 0.228. The predicted molar refractivity (Wildman–Crippen MR) is 115 cm³/mol. The zero-order chi connectivity index (χ0) is 19.5. The molecule has 1 amide bonds. The molecule has 1 fully saturated rings. The van der Waals surface area contributed by atoms with Crippen LogP contribution in [0.15, 0.2) is 54.6 Å². The van der Waals surface area contributed by atoms with Gasteiger partial charge in [0.15, 0.2) is 0 Å². The van der Waals surface area contributed by atoms with Gasteiger partial charge in [0.05, 0.1) is 11.9 Å². The average molecular weight is 373 g/mol. The fourth-order valence-corrected chi connectivity index (χ4v) is 3.99. The highest BCUT2D eigenvalue weighted by Gasteiger charge is 2.27. The number of carbonyl (C=O) groups excluding carboxylic acids is 1. The lowest BCUT2D eigenvalue weighted by Crippen LogP contribution is -2.35. The number of fused-ring (bicyclic) bond motifs is 1. The van der Waals surface area contributed by atoms with Gasteiger partial charge in [-0.3, -0.25) is 9.78 Å². The molecule has 2 aromatic carbocycles. The summed E-state index contributed by atoms with van der Waals surface area (Å²) in [4.78, 5) is 20.1. The summed E-state index contributed by atoms with van der Waals surface area (Å²) in [5.74, 6) is 0.936. The molecule has 4 rings (SSSR count). The number of nitrogens with zero attached hydrogens (tertiary/aromatic N) is 2. The van der Waals surface area contributed by atoms with Gasteiger partial charge in [-0.1, -0.05) is 55.5 Å². The van der Waals surface area contributed by atoms with Crippen molar-refractivity contribution in [3.05, 3.63) is 65.9 Å². The van der Waals surface area contributed by atoms with Crippen molar-refractivity contribution in [1.29, 1.82) is 0 Å². The second kappa shape index (κ2) is 8.14. The molecule has 3 heteroatoms. The van der Waals surface area contributed by atoms with Crippen molar-refractivity contribution in [1.82, 2.24) is 9.88 Å². The van der Waals surface area contributed by atoms with Crippen LogP contribution in [0.4, 0.5) is 0 Å². The van der Waals surface area contributed by atoms with Crippen molar-refractivity contribution < 1.29 is 4.79 Å². The largest absolute Gasteiger partial charge is 0.342 e. The van der Waals surface area contributed by atoms with Gasteiger partial charge in [-0.25, -0.2) is 0 Å². The average Bonchev–Trinajstić information content (AvgIpc) is 3.53. The molecule has 0 N–H and O–H groups in total. The first-order chi connectivity index (χ1) is 13.7. The Bertz CT molecular complexity index is 977. The van der Waals surface area contributed by atoms with Gasteiger partial charge in [0, 0.05) is 24.2 Å². The first-order valence-electron chi connectivity index (χ1n) is 10.4. The van der Waals surface area contributed by atoms with Crippen LogP contribution in [0.2, 0.25) is 0 Å². The lowest BCUT2D eigenvalue weighted by molar-refractivity contribution is -0.130. The maximum Gasteiger partial charge on any atom is 0.227 e. The monoisotopic (exact) mass is 372 g/mol. The molecule has 1 aromatic heterocycles. The summed E-state index contributed by atoms with van der Waals surface area (Å²) in [7, 11) is 0. The van der Waals surface area contributed by atoms with Crippen molar-refractivity contribution in [3.63, 3.8) is 0 Å². The molecule has 0 bridgehead atoms. The Balaban J connectivity index is 1.77. The van der Waals surface area contributed by atoms with E-state index in [4.69, 9.17) is 4.98 Å². The minimum Gasteiger partial charge on any atom is -0.342 e. The van der Waals surface area contributed by atoms with Crippen LogP contribution < -0.4 is 0 Å². The van der Waals surface area contributed by atoms with E-state index in [-0.39, 0.29) is 5.91 Å². The Morgan fingerprint density at radius 3 is 2.50 bits per heavy atom. The molecule has 144 valence electrons. The summed E-state index contributed by atoms with van der Waals surface area (Å²) < 4.78 is 0. The number of hydrogen-bond donors (Lipinski definition) is 0. The maximum absolute atomic E-state index is 13.2. The number of amides is 1. The summed E-state index contributed by atoms with van der Waals surface area (Å²) in [6, 6.07) is 18.6. The summed E-state index contributed by atoms with van der Waals surface area (Å²) in [5.41, 5.74) is 5.30. The van der Waals surface area contributed by atoms with Crippen molar-refractivity contribution in [2.24, 2.45) is 5.92 Å². The van der Waals surface area contributed by atoms with E-state index in [1.54, 1.807) is 0 Å². The van der Waals surface area contributed by atoms with Crippen LogP contribution in [0.25, 0.3) is 22.0 Å². The van der Waals surface area contributed by atoms with E-state index >= 15 is 0 Å². The smallest absolute Gasteiger partial charge is 0.227 e. The number of benzene rings is 2. The van der Waals surface area contributed by atoms with E-state index in [9.17, 15) is 4.79 Å². The van der Waals surface area contributed by atoms with Gasteiger partial charge in [-0.05, 0) is 54.9 Å². The van der Waals surface area contributed by atoms with Crippen LogP contribution in [-0.2, 0) is 11.2 Å². The second-order valence-corrected chi connectivity index (χ2v) is 7.89. The van der Waals surface area contributed by atoms with Crippen LogP contribution in [0, 0.1) is 12.8 Å². The van der Waals surface area contributed by atoms with Crippen molar-refractivity contribution >= 4 is 16.8 Å². The topological polar surface area (TPSA) is 33.2 Å². The molecule has 0 radical (unpaired) electrons. The Morgan fingerprint density at radius 1 is 1.07 bits per heavy atom. The highest BCUT2D eigenvalue weighted by molar-refractivity contribution is 5.98. The molecule has 1 aliphatic carbocycles. The van der Waals surface area contributed by atoms with E-state index < -0.39 is 0 Å². The zero-order valence-electron chi connectivity index (χ0n) is 16.8. The molecule has 3 nitrogen and oxygen atoms in total. The highest BCUT2D eigenvalue weighted by atomic mass is 16.2. The molecular formula is C25H28N2O. The van der Waals surface area contributed by atoms with E-state index in [0.717, 1.165) is 52.8 Å². The summed E-state index contributed by atoms with van der Waals surface area (Å²) in [6.07, 6.45) is 3.94. The maximum atomic E-state index is 13.2. The van der Waals surface area contributed by atoms with E-state index in [1.807, 2.05) is 25.1 Å². The Hall–Kier alpha value is -2.68. The third kappa shape index (κ3) is 3.94. The molecular weight excluding hydrogens is 344 g/mol. The number of hydrogen-bond acceptors (Lipinski definition) is 2. The fourth-order valence-electron chi connectivity index (χ4n) is 3.99. The van der Waals surface area contributed by atoms with Gasteiger partial charge in [0.2, 0.25) is 5.91 Å². The number of aryl methyl sites for hydroxylation is 1. The molecule has 0 unspecified atom stereocenters. The number of rotatable bonds is 7. The van der Waals surface area contributed by atoms with Gasteiger partial charge in [0.25, 0.3) is 0 Å². The summed E-state index contributed by atoms with van der Waals surface area (Å²) in [6.45, 7) is 5.93. The van der Waals surface area contributed by atoms with Gasteiger partial charge < -0.3 is 4.90 Å². The first kappa shape index (κ1) is 18.7. The van der Waals surface area contributed by atoms with Crippen LogP contribution in [-0.4, -0.2) is 28.9 Å². The zero-order valence-corrected chi connectivity index (χ0v) is 16.8. The lowest BCUT2D eigenvalue weighted by Gasteiger charge is -2.24. The molecule has 28 heavy (non-hydrogen) atoms. The standard InChI is InChI=1S/C25H28N2O/c1-3-15-27(17-19-13-14-19)24(28)16-22-18(2)26-23-12-8-7-11-21(23)25(22)20-9-5-4-6-10-20/h4-12,19H,3,13-17H2,1-2H3. The third-order valence-electron chi connectivity index (χ3n) is 5.61. The Morgan fingerprint density at radius 2 is 1.79 bits per heavy atom. The van der Waals surface area contributed by atoms with Gasteiger partial charge in [0.1, 0.15) is 0 Å². The molecule has 0 saturated heterocycles. The van der Waals surface area contributed by atoms with Gasteiger partial charge >= 0.3 is 0 Å². The van der Waals surface area contributed by atoms with E-state index in [2.05, 4.69) is 48.2 Å². The predicted octanol–water partition coefficient (Wildman–Crippen LogP) is 5.40. The first-order valence-corrected chi connectivity index (χ1v) is 10.4. The summed E-state index contributed by atoms with van der Waals surface area (Å²) >= 11 is 0. The SMILES string of the molecule is CCCN(CC1CC1)C(=O)Cc1c(C)nc2ccccc2c1-c1ccccc1. The van der Waals surface area contributed by atoms with E-state index in [1.165, 1.54) is 12.8 Å². The molecule has 1 heterocycles. The number of para-hydroxylation sites is 1. The normalized spacial score (nSPS) is 13.6. The lowest BCUT2D eigenvalue weighted by atomic mass is 9.92. The quantitative estimate of drug-likeness (QED) is 0.556. The second-order valence-electron chi connectivity index (χ2n) is 7.89. The number of carbonyl (C=O) groups is 1. The van der Waals surface area contributed by atoms with E-state index in [0.29, 0.717) is 12.3 Å². The molecule has 1 saturated carbocycles. The van der Waals surface area contributed by atoms with Crippen LogP contribution in [0.3, 0.4) is 0 Å². The molecule has 3 aromatic rings. The van der Waals surface area contributed by atoms with Crippen molar-refractivity contribution in [3.8, 4) is 11.1 Å². The molecule has 0 aliphatic heterocycles. The minimum atomic E-state index is 0.228. The summed E-state index contributed by atoms with van der Waals surface area (Å²) in [5, 5.41) is 1.12. The van der Waals surface area contributed by atoms with Crippen molar-refractivity contribution in [2.45, 2.75) is 39.5 Å². The highest BCUT2D eigenvalue weighted by Crippen LogP contribution is 2.34. The Labute approximate surface area is 167 Å². The molecule has 0 atom stereocenters. The Kier molecular flexibility index (Phi) is 5.43. The van der Waals surface area contributed by atoms with Gasteiger partial charge in [-0.2, -0.15) is 0 Å². The third-order valence-corrected chi connectivity index (χ3v) is 5.61. The molecule has 0 spiro atoms. The van der Waals surface area contributed by atoms with Crippen LogP contribution in [0.5, 0.6) is 0 Å². The fraction of sp³-hybridized carbons (Fsp3) is 0.360. The molecule has 1 aliphatic rings. The number of aromatic nitrogens is 1. The van der Waals surface area contributed by atoms with Crippen molar-refractivity contribution in [2.75, 3.05) is 13.1 Å². The number of pyridine rings is 1.